The topological polar surface area (TPSA) is 102 Å². The number of anilines is 2. The summed E-state index contributed by atoms with van der Waals surface area (Å²) in [7, 11) is -2.73. The van der Waals surface area contributed by atoms with E-state index >= 15 is 0 Å². The summed E-state index contributed by atoms with van der Waals surface area (Å²) in [6.07, 6.45) is 1.82. The molecule has 0 spiro atoms. The number of methoxy groups -OCH3 is 1. The number of esters is 1. The van der Waals surface area contributed by atoms with E-state index in [1.807, 2.05) is 0 Å². The van der Waals surface area contributed by atoms with Gasteiger partial charge in [0.05, 0.1) is 7.11 Å². The van der Waals surface area contributed by atoms with E-state index in [9.17, 15) is 18.0 Å². The van der Waals surface area contributed by atoms with Gasteiger partial charge in [0.1, 0.15) is 9.77 Å². The maximum Gasteiger partial charge on any atom is 0.349 e. The number of thiophene rings is 1. The van der Waals surface area contributed by atoms with E-state index in [-0.39, 0.29) is 21.6 Å². The highest BCUT2D eigenvalue weighted by Crippen LogP contribution is 2.30. The molecule has 1 fully saturated rings. The van der Waals surface area contributed by atoms with Gasteiger partial charge in [-0.1, -0.05) is 0 Å². The molecule has 2 N–H and O–H groups in total. The molecule has 0 unspecified atom stereocenters. The Morgan fingerprint density at radius 2 is 1.76 bits per heavy atom. The van der Waals surface area contributed by atoms with Crippen molar-refractivity contribution in [1.82, 2.24) is 0 Å². The highest BCUT2D eigenvalue weighted by Gasteiger charge is 2.29. The van der Waals surface area contributed by atoms with Gasteiger partial charge in [-0.15, -0.1) is 11.3 Å². The molecule has 0 saturated heterocycles. The van der Waals surface area contributed by atoms with Crippen molar-refractivity contribution < 1.29 is 22.7 Å². The molecule has 0 atom stereocenters. The first-order valence-electron chi connectivity index (χ1n) is 7.50. The Labute approximate surface area is 149 Å². The zero-order valence-corrected chi connectivity index (χ0v) is 14.9. The number of hydrogen-bond acceptors (Lipinski definition) is 6. The number of hydrogen-bond donors (Lipinski definition) is 2. The van der Waals surface area contributed by atoms with Crippen molar-refractivity contribution in [1.29, 1.82) is 0 Å². The lowest BCUT2D eigenvalue weighted by Gasteiger charge is -2.09. The van der Waals surface area contributed by atoms with Gasteiger partial charge in [-0.05, 0) is 48.6 Å². The van der Waals surface area contributed by atoms with Gasteiger partial charge in [-0.25, -0.2) is 13.2 Å². The molecule has 1 amide bonds. The summed E-state index contributed by atoms with van der Waals surface area (Å²) in [5.41, 5.74) is 0.928. The van der Waals surface area contributed by atoms with E-state index in [4.69, 9.17) is 0 Å². The van der Waals surface area contributed by atoms with Gasteiger partial charge < -0.3 is 10.1 Å². The van der Waals surface area contributed by atoms with Crippen LogP contribution in [-0.4, -0.2) is 27.4 Å². The molecular weight excluding hydrogens is 364 g/mol. The van der Waals surface area contributed by atoms with Crippen molar-refractivity contribution in [3.63, 3.8) is 0 Å². The first-order chi connectivity index (χ1) is 11.9. The van der Waals surface area contributed by atoms with E-state index in [0.29, 0.717) is 11.4 Å². The molecule has 2 aromatic rings. The second-order valence-electron chi connectivity index (χ2n) is 5.55. The lowest BCUT2D eigenvalue weighted by atomic mass is 10.2. The highest BCUT2D eigenvalue weighted by atomic mass is 32.2. The molecule has 7 nitrogen and oxygen atoms in total. The van der Waals surface area contributed by atoms with Crippen LogP contribution in [0.15, 0.2) is 40.6 Å². The predicted octanol–water partition coefficient (Wildman–Crippen LogP) is 2.68. The SMILES string of the molecule is COC(=O)c1sccc1S(=O)(=O)Nc1ccc(NC(=O)C2CC2)cc1. The maximum absolute atomic E-state index is 12.5. The smallest absolute Gasteiger partial charge is 0.349 e. The summed E-state index contributed by atoms with van der Waals surface area (Å²) in [6, 6.07) is 7.68. The standard InChI is InChI=1S/C16H16N2O5S2/c1-23-16(20)14-13(8-9-24-14)25(21,22)18-12-6-4-11(5-7-12)17-15(19)10-2-3-10/h4-10,18H,2-3H2,1H3,(H,17,19). The number of sulfonamides is 1. The van der Waals surface area contributed by atoms with Gasteiger partial charge >= 0.3 is 5.97 Å². The minimum Gasteiger partial charge on any atom is -0.465 e. The molecule has 25 heavy (non-hydrogen) atoms. The molecule has 132 valence electrons. The summed E-state index contributed by atoms with van der Waals surface area (Å²) in [4.78, 5) is 23.3. The molecule has 1 saturated carbocycles. The number of carbonyl (C=O) groups excluding carboxylic acids is 2. The highest BCUT2D eigenvalue weighted by molar-refractivity contribution is 7.93. The molecule has 1 aromatic carbocycles. The summed E-state index contributed by atoms with van der Waals surface area (Å²) in [5.74, 6) is -0.628. The molecule has 9 heteroatoms. The average molecular weight is 380 g/mol. The Kier molecular flexibility index (Phi) is 4.78. The molecule has 1 heterocycles. The summed E-state index contributed by atoms with van der Waals surface area (Å²) >= 11 is 0.996. The van der Waals surface area contributed by atoms with E-state index < -0.39 is 16.0 Å². The second-order valence-corrected chi connectivity index (χ2v) is 8.12. The minimum atomic E-state index is -3.92. The number of ether oxygens (including phenoxy) is 1. The van der Waals surface area contributed by atoms with Crippen LogP contribution in [0.3, 0.4) is 0 Å². The zero-order valence-electron chi connectivity index (χ0n) is 13.3. The molecule has 3 rings (SSSR count). The monoisotopic (exact) mass is 380 g/mol. The third-order valence-corrected chi connectivity index (χ3v) is 6.09. The molecule has 0 bridgehead atoms. The van der Waals surface area contributed by atoms with Crippen LogP contribution in [0.25, 0.3) is 0 Å². The Morgan fingerprint density at radius 3 is 2.36 bits per heavy atom. The quantitative estimate of drug-likeness (QED) is 0.750. The molecule has 1 aromatic heterocycles. The van der Waals surface area contributed by atoms with Gasteiger partial charge in [0, 0.05) is 17.3 Å². The van der Waals surface area contributed by atoms with Crippen LogP contribution < -0.4 is 10.0 Å². The van der Waals surface area contributed by atoms with Gasteiger partial charge in [0.15, 0.2) is 0 Å². The number of rotatable bonds is 6. The van der Waals surface area contributed by atoms with Crippen molar-refractivity contribution in [3.8, 4) is 0 Å². The number of benzene rings is 1. The summed E-state index contributed by atoms with van der Waals surface area (Å²) < 4.78 is 32.0. The van der Waals surface area contributed by atoms with Crippen LogP contribution in [0.1, 0.15) is 22.5 Å². The number of amides is 1. The minimum absolute atomic E-state index is 0.0170. The maximum atomic E-state index is 12.5. The van der Waals surface area contributed by atoms with E-state index in [2.05, 4.69) is 14.8 Å². The van der Waals surface area contributed by atoms with E-state index in [1.54, 1.807) is 24.3 Å². The van der Waals surface area contributed by atoms with E-state index in [0.717, 1.165) is 24.2 Å². The molecule has 1 aliphatic rings. The first-order valence-corrected chi connectivity index (χ1v) is 9.86. The summed E-state index contributed by atoms with van der Waals surface area (Å²) in [5, 5.41) is 4.29. The Bertz CT molecular complexity index is 899. The Balaban J connectivity index is 1.73. The van der Waals surface area contributed by atoms with Gasteiger partial charge in [-0.2, -0.15) is 0 Å². The van der Waals surface area contributed by atoms with Crippen molar-refractivity contribution in [2.75, 3.05) is 17.1 Å². The van der Waals surface area contributed by atoms with Crippen LogP contribution in [-0.2, 0) is 19.6 Å². The van der Waals surface area contributed by atoms with Gasteiger partial charge in [0.2, 0.25) is 5.91 Å². The van der Waals surface area contributed by atoms with Crippen LogP contribution in [0.5, 0.6) is 0 Å². The Hall–Kier alpha value is -2.39. The molecular formula is C16H16N2O5S2. The predicted molar refractivity (Wildman–Crippen MR) is 94.3 cm³/mol. The zero-order chi connectivity index (χ0) is 18.0. The second kappa shape index (κ2) is 6.85. The molecule has 0 aliphatic heterocycles. The van der Waals surface area contributed by atoms with Crippen LogP contribution in [0.2, 0.25) is 0 Å². The van der Waals surface area contributed by atoms with Crippen molar-refractivity contribution in [2.24, 2.45) is 5.92 Å². The van der Waals surface area contributed by atoms with E-state index in [1.165, 1.54) is 18.6 Å². The van der Waals surface area contributed by atoms with Crippen LogP contribution in [0, 0.1) is 5.92 Å². The van der Waals surface area contributed by atoms with Crippen LogP contribution in [0.4, 0.5) is 11.4 Å². The van der Waals surface area contributed by atoms with Gasteiger partial charge in [-0.3, -0.25) is 9.52 Å². The Morgan fingerprint density at radius 1 is 1.12 bits per heavy atom. The lowest BCUT2D eigenvalue weighted by molar-refractivity contribution is -0.117. The largest absolute Gasteiger partial charge is 0.465 e. The van der Waals surface area contributed by atoms with Gasteiger partial charge in [0.25, 0.3) is 10.0 Å². The molecule has 1 aliphatic carbocycles. The average Bonchev–Trinajstić information content (AvgIpc) is 3.32. The fourth-order valence-corrected chi connectivity index (χ4v) is 4.57. The number of carbonyl (C=O) groups is 2. The molecule has 0 radical (unpaired) electrons. The number of nitrogens with one attached hydrogen (secondary N) is 2. The van der Waals surface area contributed by atoms with Crippen molar-refractivity contribution in [3.05, 3.63) is 40.6 Å². The fourth-order valence-electron chi connectivity index (χ4n) is 2.17. The normalized spacial score (nSPS) is 14.0. The third kappa shape index (κ3) is 3.99. The fraction of sp³-hybridized carbons (Fsp3) is 0.250. The lowest BCUT2D eigenvalue weighted by Crippen LogP contribution is -2.16. The van der Waals surface area contributed by atoms with Crippen molar-refractivity contribution in [2.45, 2.75) is 17.7 Å². The third-order valence-electron chi connectivity index (χ3n) is 3.64. The summed E-state index contributed by atoms with van der Waals surface area (Å²) in [6.45, 7) is 0. The van der Waals surface area contributed by atoms with Crippen LogP contribution >= 0.6 is 11.3 Å². The first kappa shape index (κ1) is 17.4. The van der Waals surface area contributed by atoms with Crippen molar-refractivity contribution >= 4 is 44.6 Å².